The molecule has 4 aliphatic rings. The number of esters is 1. The molecule has 0 aromatic heterocycles. The molecule has 0 bridgehead atoms. The number of aliphatic carboxylic acids is 2. The van der Waals surface area contributed by atoms with E-state index >= 15 is 0 Å². The molecule has 0 spiro atoms. The SMILES string of the molecule is COC(=O)CC[C@H](C)[C@H]1CC[C@@H]2[C@@H]3C(=O)C[C@@H]4C[C@H](C(=O)O)CC[C@]4(C)[C@@H]3C[C@H](C(=O)O)[C@@]21C. The number of rotatable bonds is 6. The molecule has 0 unspecified atom stereocenters. The molecule has 2 N–H and O–H groups in total. The predicted octanol–water partition coefficient (Wildman–Crippen LogP) is 4.43. The molecule has 10 atom stereocenters. The summed E-state index contributed by atoms with van der Waals surface area (Å²) in [4.78, 5) is 49.7. The van der Waals surface area contributed by atoms with Crippen LogP contribution >= 0.6 is 0 Å². The normalized spacial score (nSPS) is 44.4. The van der Waals surface area contributed by atoms with E-state index in [0.29, 0.717) is 38.5 Å². The van der Waals surface area contributed by atoms with E-state index in [4.69, 9.17) is 4.74 Å². The van der Waals surface area contributed by atoms with Crippen LogP contribution in [0.4, 0.5) is 0 Å². The second-order valence-corrected chi connectivity index (χ2v) is 12.2. The summed E-state index contributed by atoms with van der Waals surface area (Å²) < 4.78 is 4.81. The number of methoxy groups -OCH3 is 1. The lowest BCUT2D eigenvalue weighted by Crippen LogP contribution is -2.61. The first-order valence-corrected chi connectivity index (χ1v) is 13.0. The van der Waals surface area contributed by atoms with Gasteiger partial charge in [-0.05, 0) is 85.4 Å². The van der Waals surface area contributed by atoms with Gasteiger partial charge in [-0.15, -0.1) is 0 Å². The Morgan fingerprint density at radius 2 is 1.76 bits per heavy atom. The molecule has 0 saturated heterocycles. The third-order valence-corrected chi connectivity index (χ3v) is 11.1. The fourth-order valence-electron chi connectivity index (χ4n) is 9.14. The second kappa shape index (κ2) is 8.94. The van der Waals surface area contributed by atoms with Gasteiger partial charge in [0.05, 0.1) is 18.9 Å². The van der Waals surface area contributed by atoms with E-state index in [9.17, 15) is 29.4 Å². The number of ketones is 1. The van der Waals surface area contributed by atoms with Crippen molar-refractivity contribution in [2.24, 2.45) is 58.2 Å². The van der Waals surface area contributed by atoms with Gasteiger partial charge in [0.25, 0.3) is 0 Å². The molecule has 0 aromatic carbocycles. The average molecular weight is 477 g/mol. The first-order chi connectivity index (χ1) is 15.9. The third kappa shape index (κ3) is 3.78. The Labute approximate surface area is 202 Å². The van der Waals surface area contributed by atoms with Crippen molar-refractivity contribution in [2.45, 2.75) is 78.6 Å². The van der Waals surface area contributed by atoms with Crippen LogP contribution < -0.4 is 0 Å². The van der Waals surface area contributed by atoms with Crippen molar-refractivity contribution in [2.75, 3.05) is 7.11 Å². The van der Waals surface area contributed by atoms with Crippen LogP contribution in [0.3, 0.4) is 0 Å². The monoisotopic (exact) mass is 476 g/mol. The van der Waals surface area contributed by atoms with E-state index < -0.39 is 29.2 Å². The lowest BCUT2D eigenvalue weighted by Gasteiger charge is -2.61. The molecule has 7 nitrogen and oxygen atoms in total. The Bertz CT molecular complexity index is 867. The van der Waals surface area contributed by atoms with Gasteiger partial charge in [-0.1, -0.05) is 20.8 Å². The van der Waals surface area contributed by atoms with Crippen LogP contribution in [-0.2, 0) is 23.9 Å². The van der Waals surface area contributed by atoms with Gasteiger partial charge in [-0.3, -0.25) is 19.2 Å². The van der Waals surface area contributed by atoms with Crippen LogP contribution in [0.25, 0.3) is 0 Å². The van der Waals surface area contributed by atoms with Gasteiger partial charge in [0.2, 0.25) is 0 Å². The largest absolute Gasteiger partial charge is 0.481 e. The lowest BCUT2D eigenvalue weighted by atomic mass is 9.41. The number of hydrogen-bond acceptors (Lipinski definition) is 5. The Balaban J connectivity index is 1.65. The number of hydrogen-bond donors (Lipinski definition) is 2. The van der Waals surface area contributed by atoms with Crippen molar-refractivity contribution in [1.82, 2.24) is 0 Å². The maximum absolute atomic E-state index is 13.6. The van der Waals surface area contributed by atoms with E-state index in [1.54, 1.807) is 0 Å². The lowest BCUT2D eigenvalue weighted by molar-refractivity contribution is -0.182. The zero-order chi connectivity index (χ0) is 25.0. The number of carbonyl (C=O) groups excluding carboxylic acids is 2. The van der Waals surface area contributed by atoms with Gasteiger partial charge >= 0.3 is 17.9 Å². The predicted molar refractivity (Wildman–Crippen MR) is 124 cm³/mol. The van der Waals surface area contributed by atoms with E-state index in [2.05, 4.69) is 20.8 Å². The van der Waals surface area contributed by atoms with Crippen LogP contribution in [0.2, 0.25) is 0 Å². The van der Waals surface area contributed by atoms with Gasteiger partial charge in [-0.25, -0.2) is 0 Å². The molecular formula is C27H40O7. The summed E-state index contributed by atoms with van der Waals surface area (Å²) in [7, 11) is 1.38. The van der Waals surface area contributed by atoms with Crippen LogP contribution in [0.1, 0.15) is 78.6 Å². The summed E-state index contributed by atoms with van der Waals surface area (Å²) in [6.45, 7) is 6.41. The Hall–Kier alpha value is -1.92. The van der Waals surface area contributed by atoms with Crippen LogP contribution in [0.15, 0.2) is 0 Å². The molecule has 0 amide bonds. The van der Waals surface area contributed by atoms with Gasteiger partial charge in [0, 0.05) is 18.8 Å². The summed E-state index contributed by atoms with van der Waals surface area (Å²) in [6, 6.07) is 0. The number of Topliss-reactive ketones (excluding diaryl/α,β-unsaturated/α-hetero) is 1. The number of carboxylic acids is 2. The zero-order valence-electron chi connectivity index (χ0n) is 20.9. The van der Waals surface area contributed by atoms with Gasteiger partial charge < -0.3 is 14.9 Å². The summed E-state index contributed by atoms with van der Waals surface area (Å²) in [6.07, 6.45) is 5.49. The molecule has 0 radical (unpaired) electrons. The molecule has 4 saturated carbocycles. The molecule has 0 heterocycles. The highest BCUT2D eigenvalue weighted by Gasteiger charge is 2.67. The summed E-state index contributed by atoms with van der Waals surface area (Å²) in [5, 5.41) is 20.0. The molecule has 7 heteroatoms. The molecule has 0 aromatic rings. The van der Waals surface area contributed by atoms with Gasteiger partial charge in [-0.2, -0.15) is 0 Å². The minimum atomic E-state index is -0.782. The van der Waals surface area contributed by atoms with E-state index in [1.165, 1.54) is 7.11 Å². The van der Waals surface area contributed by atoms with Crippen molar-refractivity contribution in [3.05, 3.63) is 0 Å². The van der Waals surface area contributed by atoms with Crippen molar-refractivity contribution >= 4 is 23.7 Å². The topological polar surface area (TPSA) is 118 Å². The highest BCUT2D eigenvalue weighted by molar-refractivity contribution is 5.84. The molecule has 4 aliphatic carbocycles. The van der Waals surface area contributed by atoms with Gasteiger partial charge in [0.1, 0.15) is 5.78 Å². The van der Waals surface area contributed by atoms with Crippen molar-refractivity contribution < 1.29 is 34.1 Å². The number of carboxylic acid groups (broad SMARTS) is 2. The molecule has 4 fully saturated rings. The Morgan fingerprint density at radius 1 is 1.06 bits per heavy atom. The summed E-state index contributed by atoms with van der Waals surface area (Å²) in [5.74, 6) is -2.31. The third-order valence-electron chi connectivity index (χ3n) is 11.1. The maximum atomic E-state index is 13.6. The standard InChI is InChI=1S/C27H40O7/c1-14(5-8-22(29)34-4)17-6-7-18-23-19(13-20(25(32)33)27(17,18)3)26(2)10-9-15(24(30)31)11-16(26)12-21(23)28/h14-20,23H,5-13H2,1-4H3,(H,30,31)(H,32,33)/t14-,15+,16-,17+,18+,19+,20+,23-,26-,27+/m0/s1. The molecule has 0 aliphatic heterocycles. The first kappa shape index (κ1) is 25.2. The highest BCUT2D eigenvalue weighted by atomic mass is 16.5. The molecular weight excluding hydrogens is 436 g/mol. The van der Waals surface area contributed by atoms with Crippen molar-refractivity contribution in [3.8, 4) is 0 Å². The Kier molecular flexibility index (Phi) is 6.62. The minimum Gasteiger partial charge on any atom is -0.481 e. The minimum absolute atomic E-state index is 0.00297. The van der Waals surface area contributed by atoms with Gasteiger partial charge in [0.15, 0.2) is 0 Å². The quantitative estimate of drug-likeness (QED) is 0.545. The highest BCUT2D eigenvalue weighted by Crippen LogP contribution is 2.69. The van der Waals surface area contributed by atoms with Crippen LogP contribution in [0.5, 0.6) is 0 Å². The van der Waals surface area contributed by atoms with Crippen molar-refractivity contribution in [3.63, 3.8) is 0 Å². The zero-order valence-corrected chi connectivity index (χ0v) is 20.9. The summed E-state index contributed by atoms with van der Waals surface area (Å²) >= 11 is 0. The molecule has 190 valence electrons. The van der Waals surface area contributed by atoms with E-state index in [0.717, 1.165) is 19.3 Å². The van der Waals surface area contributed by atoms with Crippen LogP contribution in [0, 0.1) is 58.2 Å². The first-order valence-electron chi connectivity index (χ1n) is 13.0. The Morgan fingerprint density at radius 3 is 2.38 bits per heavy atom. The van der Waals surface area contributed by atoms with Crippen LogP contribution in [-0.4, -0.2) is 41.0 Å². The smallest absolute Gasteiger partial charge is 0.307 e. The summed E-state index contributed by atoms with van der Waals surface area (Å²) in [5.41, 5.74) is -0.673. The van der Waals surface area contributed by atoms with Crippen molar-refractivity contribution in [1.29, 1.82) is 0 Å². The molecule has 4 rings (SSSR count). The fraction of sp³-hybridized carbons (Fsp3) is 0.852. The fourth-order valence-corrected chi connectivity index (χ4v) is 9.14. The molecule has 34 heavy (non-hydrogen) atoms. The average Bonchev–Trinajstić information content (AvgIpc) is 3.14. The van der Waals surface area contributed by atoms with E-state index in [1.807, 2.05) is 0 Å². The second-order valence-electron chi connectivity index (χ2n) is 12.2. The number of ether oxygens (including phenoxy) is 1. The number of fused-ring (bicyclic) bond motifs is 5. The number of carbonyl (C=O) groups is 4. The maximum Gasteiger partial charge on any atom is 0.307 e. The van der Waals surface area contributed by atoms with E-state index in [-0.39, 0.29) is 52.7 Å².